The summed E-state index contributed by atoms with van der Waals surface area (Å²) >= 11 is 0. The molecule has 354 valence electrons. The zero-order chi connectivity index (χ0) is 48.1. The molecule has 4 amide bonds. The molecule has 0 spiro atoms. The number of rotatable bonds is 8. The van der Waals surface area contributed by atoms with Crippen molar-refractivity contribution in [2.75, 3.05) is 52.4 Å². The molecule has 2 saturated carbocycles. The van der Waals surface area contributed by atoms with Gasteiger partial charge in [0, 0.05) is 93.9 Å². The fourth-order valence-electron chi connectivity index (χ4n) is 8.47. The first-order chi connectivity index (χ1) is 32.7. The highest BCUT2D eigenvalue weighted by Gasteiger charge is 2.37. The number of nitrogens with zero attached hydrogens (tertiary/aromatic N) is 6. The highest BCUT2D eigenvalue weighted by Crippen LogP contribution is 2.32. The van der Waals surface area contributed by atoms with E-state index < -0.39 is 11.6 Å². The minimum Gasteiger partial charge on any atom is -0.394 e. The molecule has 4 aromatic carbocycles. The van der Waals surface area contributed by atoms with Crippen molar-refractivity contribution < 1.29 is 33.1 Å². The number of aliphatic hydroxyl groups excluding tert-OH is 1. The number of aromatic amines is 2. The van der Waals surface area contributed by atoms with Gasteiger partial charge in [-0.3, -0.25) is 28.8 Å². The Hall–Kier alpha value is -7.14. The zero-order valence-corrected chi connectivity index (χ0v) is 38.1. The number of fused-ring (bicyclic) bond motifs is 2. The molecule has 3 N–H and O–H groups in total. The summed E-state index contributed by atoms with van der Waals surface area (Å²) in [5, 5.41) is 23.9. The van der Waals surface area contributed by atoms with Gasteiger partial charge in [-0.2, -0.15) is 10.2 Å². The summed E-state index contributed by atoms with van der Waals surface area (Å²) in [5.41, 5.74) is 2.24. The van der Waals surface area contributed by atoms with Crippen LogP contribution >= 0.6 is 0 Å². The van der Waals surface area contributed by atoms with Crippen LogP contribution in [0.3, 0.4) is 0 Å². The van der Waals surface area contributed by atoms with Gasteiger partial charge in [0.05, 0.1) is 33.3 Å². The molecule has 6 aromatic rings. The van der Waals surface area contributed by atoms with Crippen molar-refractivity contribution in [2.24, 2.45) is 11.8 Å². The van der Waals surface area contributed by atoms with E-state index in [4.69, 9.17) is 5.11 Å². The van der Waals surface area contributed by atoms with Gasteiger partial charge in [0.15, 0.2) is 0 Å². The second-order valence-corrected chi connectivity index (χ2v) is 17.9. The lowest BCUT2D eigenvalue weighted by molar-refractivity contribution is -0.134. The highest BCUT2D eigenvalue weighted by atomic mass is 19.1. The molecular formula is C51H54F2N8O7. The van der Waals surface area contributed by atoms with Crippen LogP contribution in [0.15, 0.2) is 94.5 Å². The molecule has 2 aliphatic carbocycles. The van der Waals surface area contributed by atoms with Crippen molar-refractivity contribution in [3.8, 4) is 0 Å². The SMILES string of the molecule is CC(C)O.O=C(c1cc(Cc2n[nH]c(=O)c3ccccc23)ccc1F)N1CCN(C(=O)C2CC2)CC1.O=C(c1cc(Cc2n[nH]c(=O)c3ccccc23)ccc1F)N1CCN(C(=O)C2CC2)CC1. The van der Waals surface area contributed by atoms with E-state index in [1.54, 1.807) is 82.0 Å². The smallest absolute Gasteiger partial charge is 0.272 e. The molecule has 0 atom stereocenters. The van der Waals surface area contributed by atoms with Crippen LogP contribution in [0.2, 0.25) is 0 Å². The molecule has 0 bridgehead atoms. The lowest BCUT2D eigenvalue weighted by Crippen LogP contribution is -2.51. The van der Waals surface area contributed by atoms with Crippen LogP contribution in [0.4, 0.5) is 8.78 Å². The van der Waals surface area contributed by atoms with Crippen molar-refractivity contribution in [2.45, 2.75) is 58.5 Å². The number of piperazine rings is 2. The summed E-state index contributed by atoms with van der Waals surface area (Å²) in [6, 6.07) is 23.3. The first-order valence-corrected chi connectivity index (χ1v) is 23.1. The summed E-state index contributed by atoms with van der Waals surface area (Å²) in [4.78, 5) is 81.3. The molecule has 0 unspecified atom stereocenters. The first-order valence-electron chi connectivity index (χ1n) is 23.1. The van der Waals surface area contributed by atoms with Crippen molar-refractivity contribution in [1.29, 1.82) is 0 Å². The second-order valence-electron chi connectivity index (χ2n) is 17.9. The maximum atomic E-state index is 14.6. The van der Waals surface area contributed by atoms with E-state index in [0.29, 0.717) is 87.4 Å². The van der Waals surface area contributed by atoms with E-state index in [2.05, 4.69) is 20.4 Å². The Morgan fingerprint density at radius 3 is 1.22 bits per heavy atom. The van der Waals surface area contributed by atoms with E-state index in [1.807, 2.05) is 24.3 Å². The van der Waals surface area contributed by atoms with Crippen LogP contribution in [0.5, 0.6) is 0 Å². The highest BCUT2D eigenvalue weighted by molar-refractivity contribution is 5.96. The van der Waals surface area contributed by atoms with Crippen molar-refractivity contribution in [3.05, 3.63) is 151 Å². The molecular weight excluding hydrogens is 875 g/mol. The minimum atomic E-state index is -0.575. The quantitative estimate of drug-likeness (QED) is 0.187. The number of hydrogen-bond donors (Lipinski definition) is 3. The molecule has 4 aliphatic rings. The summed E-state index contributed by atoms with van der Waals surface area (Å²) in [6.45, 7) is 6.96. The number of aliphatic hydroxyl groups is 1. The van der Waals surface area contributed by atoms with Crippen LogP contribution in [-0.2, 0) is 22.4 Å². The van der Waals surface area contributed by atoms with Gasteiger partial charge in [-0.25, -0.2) is 19.0 Å². The van der Waals surface area contributed by atoms with Crippen LogP contribution in [0.25, 0.3) is 21.5 Å². The molecule has 10 rings (SSSR count). The number of halogens is 2. The Bertz CT molecular complexity index is 2770. The first kappa shape index (κ1) is 47.4. The van der Waals surface area contributed by atoms with Gasteiger partial charge >= 0.3 is 0 Å². The van der Waals surface area contributed by atoms with Gasteiger partial charge in [-0.15, -0.1) is 0 Å². The average molecular weight is 929 g/mol. The molecule has 4 heterocycles. The topological polar surface area (TPSA) is 193 Å². The van der Waals surface area contributed by atoms with Gasteiger partial charge < -0.3 is 24.7 Å². The molecule has 68 heavy (non-hydrogen) atoms. The normalized spacial score (nSPS) is 16.0. The largest absolute Gasteiger partial charge is 0.394 e. The molecule has 15 nitrogen and oxygen atoms in total. The summed E-state index contributed by atoms with van der Waals surface area (Å²) in [7, 11) is 0. The number of H-pyrrole nitrogens is 2. The monoisotopic (exact) mass is 928 g/mol. The Morgan fingerprint density at radius 2 is 0.882 bits per heavy atom. The fraction of sp³-hybridized carbons (Fsp3) is 0.373. The lowest BCUT2D eigenvalue weighted by atomic mass is 10.0. The second kappa shape index (κ2) is 20.8. The number of nitrogens with one attached hydrogen (secondary N) is 2. The third kappa shape index (κ3) is 11.2. The van der Waals surface area contributed by atoms with E-state index >= 15 is 0 Å². The molecule has 2 aliphatic heterocycles. The fourth-order valence-corrected chi connectivity index (χ4v) is 8.47. The predicted molar refractivity (Wildman–Crippen MR) is 251 cm³/mol. The maximum absolute atomic E-state index is 14.6. The van der Waals surface area contributed by atoms with Gasteiger partial charge in [0.25, 0.3) is 22.9 Å². The maximum Gasteiger partial charge on any atom is 0.272 e. The number of carbonyl (C=O) groups is 4. The van der Waals surface area contributed by atoms with Crippen molar-refractivity contribution >= 4 is 45.2 Å². The van der Waals surface area contributed by atoms with Crippen LogP contribution in [0.1, 0.15) is 82.8 Å². The van der Waals surface area contributed by atoms with Crippen LogP contribution < -0.4 is 11.1 Å². The van der Waals surface area contributed by atoms with Crippen LogP contribution in [-0.4, -0.2) is 127 Å². The van der Waals surface area contributed by atoms with Gasteiger partial charge in [-0.05, 0) is 87.1 Å². The number of benzene rings is 4. The summed E-state index contributed by atoms with van der Waals surface area (Å²) in [5.74, 6) is -1.24. The van der Waals surface area contributed by atoms with E-state index in [-0.39, 0.29) is 63.8 Å². The predicted octanol–water partition coefficient (Wildman–Crippen LogP) is 5.08. The van der Waals surface area contributed by atoms with Crippen LogP contribution in [0, 0.1) is 23.5 Å². The Morgan fingerprint density at radius 1 is 0.559 bits per heavy atom. The number of hydrogen-bond acceptors (Lipinski definition) is 9. The van der Waals surface area contributed by atoms with Gasteiger partial charge in [-0.1, -0.05) is 48.5 Å². The Kier molecular flexibility index (Phi) is 14.5. The van der Waals surface area contributed by atoms with Gasteiger partial charge in [0.1, 0.15) is 11.6 Å². The average Bonchev–Trinajstić information content (AvgIpc) is 4.30. The summed E-state index contributed by atoms with van der Waals surface area (Å²) in [6.07, 6.45) is 4.35. The zero-order valence-electron chi connectivity index (χ0n) is 38.1. The van der Waals surface area contributed by atoms with E-state index in [9.17, 15) is 37.5 Å². The standard InChI is InChI=1S/2C24H23FN4O3.C3H8O/c2*25-20-8-5-15(14-21-17-3-1-2-4-18(17)22(30)27-26-21)13-19(20)24(32)29-11-9-28(10-12-29)23(31)16-6-7-16;1-3(2)4/h2*1-5,8,13,16H,6-7,9-12,14H2,(H,27,30);3-4H,1-2H3. The molecule has 17 heteroatoms. The Labute approximate surface area is 390 Å². The van der Waals surface area contributed by atoms with E-state index in [1.165, 1.54) is 12.1 Å². The van der Waals surface area contributed by atoms with Gasteiger partial charge in [0.2, 0.25) is 11.8 Å². The molecule has 2 aromatic heterocycles. The van der Waals surface area contributed by atoms with Crippen molar-refractivity contribution in [3.63, 3.8) is 0 Å². The third-order valence-corrected chi connectivity index (χ3v) is 12.4. The number of aromatic nitrogens is 4. The van der Waals surface area contributed by atoms with Crippen molar-refractivity contribution in [1.82, 2.24) is 40.0 Å². The minimum absolute atomic E-state index is 0.0122. The lowest BCUT2D eigenvalue weighted by Gasteiger charge is -2.35. The molecule has 4 fully saturated rings. The van der Waals surface area contributed by atoms with E-state index in [0.717, 1.165) is 47.6 Å². The number of amides is 4. The molecule has 2 saturated heterocycles. The third-order valence-electron chi connectivity index (χ3n) is 12.4. The summed E-state index contributed by atoms with van der Waals surface area (Å²) < 4.78 is 29.1. The Balaban J connectivity index is 0.000000171. The number of carbonyl (C=O) groups excluding carboxylic acids is 4. The molecule has 0 radical (unpaired) electrons.